The lowest BCUT2D eigenvalue weighted by Crippen LogP contribution is -2.38. The van der Waals surface area contributed by atoms with Crippen LogP contribution in [0, 0.1) is 5.92 Å². The molecule has 1 amide bonds. The van der Waals surface area contributed by atoms with Crippen molar-refractivity contribution in [2.24, 2.45) is 5.92 Å². The Morgan fingerprint density at radius 3 is 2.51 bits per heavy atom. The largest absolute Gasteiger partial charge is 0.497 e. The number of carbonyl (C=O) groups is 1. The minimum absolute atomic E-state index is 0.214. The number of benzene rings is 2. The van der Waals surface area contributed by atoms with E-state index in [4.69, 9.17) is 9.72 Å². The Labute approximate surface area is 204 Å². The van der Waals surface area contributed by atoms with Gasteiger partial charge in [0.25, 0.3) is 0 Å². The topological polar surface area (TPSA) is 75.9 Å². The molecule has 2 aliphatic rings. The van der Waals surface area contributed by atoms with Crippen molar-refractivity contribution in [3.05, 3.63) is 48.5 Å². The normalized spacial score (nSPS) is 17.3. The van der Waals surface area contributed by atoms with Crippen molar-refractivity contribution in [2.45, 2.75) is 32.1 Å². The van der Waals surface area contributed by atoms with E-state index in [-0.39, 0.29) is 5.92 Å². The summed E-state index contributed by atoms with van der Waals surface area (Å²) in [6.45, 7) is 3.08. The summed E-state index contributed by atoms with van der Waals surface area (Å²) in [6.07, 6.45) is 5.35. The fourth-order valence-electron chi connectivity index (χ4n) is 5.47. The highest BCUT2D eigenvalue weighted by atomic mass is 16.5. The number of aromatic nitrogens is 4. The van der Waals surface area contributed by atoms with Gasteiger partial charge in [0.15, 0.2) is 11.5 Å². The number of anilines is 1. The molecule has 2 fully saturated rings. The summed E-state index contributed by atoms with van der Waals surface area (Å²) < 4.78 is 7.40. The second kappa shape index (κ2) is 9.17. The Kier molecular flexibility index (Phi) is 5.72. The zero-order chi connectivity index (χ0) is 23.8. The molecule has 2 aromatic carbocycles. The van der Waals surface area contributed by atoms with Crippen molar-refractivity contribution < 1.29 is 9.53 Å². The Bertz CT molecular complexity index is 1360. The van der Waals surface area contributed by atoms with Crippen LogP contribution in [0.5, 0.6) is 5.75 Å². The molecule has 1 saturated carbocycles. The number of amides is 1. The minimum atomic E-state index is 0.214. The number of fused-ring (bicyclic) bond motifs is 3. The summed E-state index contributed by atoms with van der Waals surface area (Å²) in [5.41, 5.74) is 2.64. The first-order valence-electron chi connectivity index (χ1n) is 12.5. The van der Waals surface area contributed by atoms with E-state index in [1.54, 1.807) is 7.11 Å². The van der Waals surface area contributed by atoms with Gasteiger partial charge in [0.1, 0.15) is 5.75 Å². The van der Waals surface area contributed by atoms with Crippen LogP contribution in [0.15, 0.2) is 48.5 Å². The molecule has 1 aliphatic carbocycles. The minimum Gasteiger partial charge on any atom is -0.497 e. The molecule has 1 aliphatic heterocycles. The summed E-state index contributed by atoms with van der Waals surface area (Å²) >= 11 is 0. The van der Waals surface area contributed by atoms with Crippen LogP contribution in [-0.2, 0) is 4.79 Å². The Morgan fingerprint density at radius 2 is 1.71 bits per heavy atom. The first-order valence-corrected chi connectivity index (χ1v) is 12.5. The lowest BCUT2D eigenvalue weighted by molar-refractivity contribution is -0.135. The molecule has 35 heavy (non-hydrogen) atoms. The summed E-state index contributed by atoms with van der Waals surface area (Å²) in [7, 11) is 1.66. The van der Waals surface area contributed by atoms with Crippen molar-refractivity contribution in [1.82, 2.24) is 24.5 Å². The van der Waals surface area contributed by atoms with Gasteiger partial charge in [-0.15, -0.1) is 10.2 Å². The van der Waals surface area contributed by atoms with E-state index >= 15 is 0 Å². The van der Waals surface area contributed by atoms with Gasteiger partial charge in [0.05, 0.1) is 12.6 Å². The molecule has 3 heterocycles. The molecule has 8 heteroatoms. The number of para-hydroxylation sites is 1. The zero-order valence-electron chi connectivity index (χ0n) is 20.1. The Balaban J connectivity index is 1.40. The van der Waals surface area contributed by atoms with Crippen LogP contribution in [0.4, 0.5) is 5.95 Å². The zero-order valence-corrected chi connectivity index (χ0v) is 20.1. The van der Waals surface area contributed by atoms with Crippen LogP contribution in [0.1, 0.15) is 32.1 Å². The van der Waals surface area contributed by atoms with E-state index in [0.717, 1.165) is 78.5 Å². The number of carbonyl (C=O) groups excluding carboxylic acids is 1. The first kappa shape index (κ1) is 21.8. The molecule has 180 valence electrons. The van der Waals surface area contributed by atoms with Crippen LogP contribution in [-0.4, -0.2) is 63.7 Å². The maximum atomic E-state index is 13.1. The lowest BCUT2D eigenvalue weighted by Gasteiger charge is -2.25. The van der Waals surface area contributed by atoms with Gasteiger partial charge in [-0.25, -0.2) is 9.38 Å². The van der Waals surface area contributed by atoms with Gasteiger partial charge < -0.3 is 14.5 Å². The third-order valence-corrected chi connectivity index (χ3v) is 7.37. The highest BCUT2D eigenvalue weighted by molar-refractivity contribution is 5.93. The maximum Gasteiger partial charge on any atom is 0.225 e. The quantitative estimate of drug-likeness (QED) is 0.445. The predicted octanol–water partition coefficient (Wildman–Crippen LogP) is 4.18. The number of rotatable bonds is 4. The molecule has 0 radical (unpaired) electrons. The molecule has 0 bridgehead atoms. The van der Waals surface area contributed by atoms with Gasteiger partial charge in [-0.2, -0.15) is 0 Å². The van der Waals surface area contributed by atoms with E-state index < -0.39 is 0 Å². The highest BCUT2D eigenvalue weighted by Gasteiger charge is 2.29. The number of hydrogen-bond acceptors (Lipinski definition) is 6. The van der Waals surface area contributed by atoms with Gasteiger partial charge in [-0.1, -0.05) is 25.0 Å². The predicted molar refractivity (Wildman–Crippen MR) is 136 cm³/mol. The lowest BCUT2D eigenvalue weighted by atomic mass is 10.1. The maximum absolute atomic E-state index is 13.1. The van der Waals surface area contributed by atoms with E-state index in [0.29, 0.717) is 12.5 Å². The van der Waals surface area contributed by atoms with Crippen molar-refractivity contribution in [1.29, 1.82) is 0 Å². The summed E-state index contributed by atoms with van der Waals surface area (Å²) in [4.78, 5) is 22.5. The van der Waals surface area contributed by atoms with Crippen molar-refractivity contribution in [2.75, 3.05) is 38.2 Å². The molecule has 4 aromatic rings. The summed E-state index contributed by atoms with van der Waals surface area (Å²) in [5.74, 6) is 2.92. The molecule has 0 atom stereocenters. The molecule has 2 aromatic heterocycles. The van der Waals surface area contributed by atoms with Crippen molar-refractivity contribution in [3.63, 3.8) is 0 Å². The molecule has 0 unspecified atom stereocenters. The highest BCUT2D eigenvalue weighted by Crippen LogP contribution is 2.31. The van der Waals surface area contributed by atoms with Crippen LogP contribution < -0.4 is 9.64 Å². The number of hydrogen-bond donors (Lipinski definition) is 0. The van der Waals surface area contributed by atoms with Crippen LogP contribution in [0.2, 0.25) is 0 Å². The third-order valence-electron chi connectivity index (χ3n) is 7.37. The standard InChI is InChI=1S/C27H30N6O2/c1-35-21-13-11-19(12-14-21)24-29-30-25-22-9-4-5-10-23(22)28-27(33(24)25)32-16-6-15-31(17-18-32)26(34)20-7-2-3-8-20/h4-5,9-14,20H,2-3,6-8,15-18H2,1H3. The fourth-order valence-corrected chi connectivity index (χ4v) is 5.47. The van der Waals surface area contributed by atoms with E-state index in [1.807, 2.05) is 48.5 Å². The average Bonchev–Trinajstić information content (AvgIpc) is 3.54. The number of nitrogens with zero attached hydrogens (tertiary/aromatic N) is 6. The smallest absolute Gasteiger partial charge is 0.225 e. The molecule has 1 saturated heterocycles. The second-order valence-electron chi connectivity index (χ2n) is 9.49. The van der Waals surface area contributed by atoms with Gasteiger partial charge in [0.2, 0.25) is 11.9 Å². The van der Waals surface area contributed by atoms with Gasteiger partial charge in [-0.3, -0.25) is 4.79 Å². The summed E-state index contributed by atoms with van der Waals surface area (Å²) in [5, 5.41) is 10.1. The SMILES string of the molecule is COc1ccc(-c2nnc3c4ccccc4nc(N4CCCN(C(=O)C5CCCC5)CC4)n23)cc1. The van der Waals surface area contributed by atoms with Gasteiger partial charge in [0, 0.05) is 43.0 Å². The second-order valence-corrected chi connectivity index (χ2v) is 9.49. The summed E-state index contributed by atoms with van der Waals surface area (Å²) in [6, 6.07) is 15.9. The Morgan fingerprint density at radius 1 is 0.914 bits per heavy atom. The number of ether oxygens (including phenoxy) is 1. The van der Waals surface area contributed by atoms with Crippen LogP contribution in [0.3, 0.4) is 0 Å². The van der Waals surface area contributed by atoms with E-state index in [2.05, 4.69) is 24.4 Å². The van der Waals surface area contributed by atoms with Crippen molar-refractivity contribution in [3.8, 4) is 17.1 Å². The van der Waals surface area contributed by atoms with Crippen LogP contribution >= 0.6 is 0 Å². The van der Waals surface area contributed by atoms with E-state index in [1.165, 1.54) is 12.8 Å². The fraction of sp³-hybridized carbons (Fsp3) is 0.407. The molecule has 8 nitrogen and oxygen atoms in total. The molecular weight excluding hydrogens is 440 g/mol. The number of methoxy groups -OCH3 is 1. The molecular formula is C27H30N6O2. The third kappa shape index (κ3) is 3.96. The average molecular weight is 471 g/mol. The van der Waals surface area contributed by atoms with Gasteiger partial charge in [-0.05, 0) is 55.7 Å². The molecule has 0 N–H and O–H groups in total. The van der Waals surface area contributed by atoms with Crippen LogP contribution in [0.25, 0.3) is 27.9 Å². The van der Waals surface area contributed by atoms with E-state index in [9.17, 15) is 4.79 Å². The Hall–Kier alpha value is -3.68. The first-order chi connectivity index (χ1) is 17.2. The van der Waals surface area contributed by atoms with Gasteiger partial charge >= 0.3 is 0 Å². The molecule has 0 spiro atoms. The van der Waals surface area contributed by atoms with Crippen molar-refractivity contribution >= 4 is 28.4 Å². The molecule has 6 rings (SSSR count). The monoisotopic (exact) mass is 470 g/mol.